The van der Waals surface area contributed by atoms with E-state index in [0.29, 0.717) is 6.61 Å². The lowest BCUT2D eigenvalue weighted by Crippen LogP contribution is -2.14. The number of rotatable bonds is 5. The van der Waals surface area contributed by atoms with Crippen LogP contribution < -0.4 is 0 Å². The van der Waals surface area contributed by atoms with E-state index in [-0.39, 0.29) is 29.9 Å². The normalized spacial score (nSPS) is 24.0. The van der Waals surface area contributed by atoms with Gasteiger partial charge in [0.2, 0.25) is 0 Å². The van der Waals surface area contributed by atoms with Gasteiger partial charge in [-0.3, -0.25) is 9.69 Å². The quantitative estimate of drug-likeness (QED) is 0.620. The van der Waals surface area contributed by atoms with Gasteiger partial charge in [-0.2, -0.15) is 0 Å². The van der Waals surface area contributed by atoms with Crippen LogP contribution in [0.5, 0.6) is 0 Å². The standard InChI is InChI=1S/C19H20FNO2/c1-13(15-6-4-3-5-7-15)21-18(12-23-14(2)22)19(21)16-8-10-17(20)11-9-16/h3-11,13,18-19H,12H2,1-2H3/t13-,18+,19-,21?/m1/s1. The average molecular weight is 313 g/mol. The summed E-state index contributed by atoms with van der Waals surface area (Å²) in [4.78, 5) is 13.4. The Hall–Kier alpha value is -2.20. The van der Waals surface area contributed by atoms with E-state index in [4.69, 9.17) is 4.74 Å². The molecule has 3 nitrogen and oxygen atoms in total. The summed E-state index contributed by atoms with van der Waals surface area (Å²) in [6, 6.07) is 17.2. The fourth-order valence-electron chi connectivity index (χ4n) is 3.16. The number of halogens is 1. The molecule has 0 radical (unpaired) electrons. The van der Waals surface area contributed by atoms with Gasteiger partial charge in [0.15, 0.2) is 0 Å². The number of carbonyl (C=O) groups is 1. The van der Waals surface area contributed by atoms with Crippen LogP contribution in [-0.2, 0) is 9.53 Å². The monoisotopic (exact) mass is 313 g/mol. The summed E-state index contributed by atoms with van der Waals surface area (Å²) in [5.74, 6) is -0.518. The highest BCUT2D eigenvalue weighted by atomic mass is 19.1. The van der Waals surface area contributed by atoms with E-state index in [1.165, 1.54) is 24.6 Å². The van der Waals surface area contributed by atoms with Gasteiger partial charge in [0.05, 0.1) is 12.1 Å². The second-order valence-corrected chi connectivity index (χ2v) is 5.90. The Kier molecular flexibility index (Phi) is 4.44. The zero-order valence-corrected chi connectivity index (χ0v) is 13.3. The first-order valence-electron chi connectivity index (χ1n) is 7.79. The van der Waals surface area contributed by atoms with Crippen LogP contribution in [0.2, 0.25) is 0 Å². The summed E-state index contributed by atoms with van der Waals surface area (Å²) < 4.78 is 18.4. The summed E-state index contributed by atoms with van der Waals surface area (Å²) in [5.41, 5.74) is 2.26. The van der Waals surface area contributed by atoms with Crippen molar-refractivity contribution in [1.29, 1.82) is 0 Å². The Morgan fingerprint density at radius 3 is 2.43 bits per heavy atom. The van der Waals surface area contributed by atoms with Gasteiger partial charge in [0, 0.05) is 13.0 Å². The molecule has 0 bridgehead atoms. The third-order valence-corrected chi connectivity index (χ3v) is 4.38. The lowest BCUT2D eigenvalue weighted by atomic mass is 10.1. The summed E-state index contributed by atoms with van der Waals surface area (Å²) >= 11 is 0. The number of nitrogens with zero attached hydrogens (tertiary/aromatic N) is 1. The van der Waals surface area contributed by atoms with Crippen molar-refractivity contribution in [3.05, 3.63) is 71.5 Å². The molecule has 1 saturated heterocycles. The molecule has 4 heteroatoms. The molecule has 0 aromatic heterocycles. The van der Waals surface area contributed by atoms with Gasteiger partial charge in [0.25, 0.3) is 0 Å². The Morgan fingerprint density at radius 2 is 1.83 bits per heavy atom. The molecule has 2 aromatic rings. The van der Waals surface area contributed by atoms with Crippen molar-refractivity contribution in [2.45, 2.75) is 32.0 Å². The van der Waals surface area contributed by atoms with Crippen molar-refractivity contribution >= 4 is 5.97 Å². The van der Waals surface area contributed by atoms with Gasteiger partial charge in [-0.05, 0) is 30.2 Å². The van der Waals surface area contributed by atoms with Gasteiger partial charge < -0.3 is 4.74 Å². The second-order valence-electron chi connectivity index (χ2n) is 5.90. The van der Waals surface area contributed by atoms with Crippen molar-refractivity contribution in [1.82, 2.24) is 4.90 Å². The van der Waals surface area contributed by atoms with Crippen molar-refractivity contribution in [3.63, 3.8) is 0 Å². The van der Waals surface area contributed by atoms with E-state index in [2.05, 4.69) is 24.0 Å². The smallest absolute Gasteiger partial charge is 0.302 e. The minimum atomic E-state index is -0.276. The van der Waals surface area contributed by atoms with Crippen LogP contribution in [0, 0.1) is 5.82 Å². The molecule has 1 heterocycles. The first kappa shape index (κ1) is 15.7. The second kappa shape index (κ2) is 6.50. The van der Waals surface area contributed by atoms with Gasteiger partial charge >= 0.3 is 5.97 Å². The highest BCUT2D eigenvalue weighted by Gasteiger charge is 2.51. The van der Waals surface area contributed by atoms with Crippen molar-refractivity contribution in [3.8, 4) is 0 Å². The van der Waals surface area contributed by atoms with Crippen LogP contribution in [0.1, 0.15) is 37.1 Å². The average Bonchev–Trinajstić information content (AvgIpc) is 3.28. The predicted molar refractivity (Wildman–Crippen MR) is 86.3 cm³/mol. The van der Waals surface area contributed by atoms with Crippen LogP contribution >= 0.6 is 0 Å². The highest BCUT2D eigenvalue weighted by molar-refractivity contribution is 5.66. The molecule has 120 valence electrons. The molecule has 1 unspecified atom stereocenters. The number of esters is 1. The molecule has 1 fully saturated rings. The van der Waals surface area contributed by atoms with Crippen LogP contribution in [0.25, 0.3) is 0 Å². The number of benzene rings is 2. The molecule has 0 aliphatic carbocycles. The van der Waals surface area contributed by atoms with Crippen LogP contribution in [0.15, 0.2) is 54.6 Å². The van der Waals surface area contributed by atoms with E-state index in [9.17, 15) is 9.18 Å². The number of ether oxygens (including phenoxy) is 1. The van der Waals surface area contributed by atoms with Gasteiger partial charge in [-0.1, -0.05) is 42.5 Å². The molecule has 23 heavy (non-hydrogen) atoms. The topological polar surface area (TPSA) is 29.3 Å². The molecule has 0 spiro atoms. The minimum absolute atomic E-state index is 0.125. The Labute approximate surface area is 135 Å². The zero-order chi connectivity index (χ0) is 16.4. The molecule has 0 N–H and O–H groups in total. The van der Waals surface area contributed by atoms with Crippen molar-refractivity contribution < 1.29 is 13.9 Å². The summed E-state index contributed by atoms with van der Waals surface area (Å²) in [6.45, 7) is 3.91. The molecule has 2 aromatic carbocycles. The number of hydrogen-bond donors (Lipinski definition) is 0. The van der Waals surface area contributed by atoms with E-state index in [0.717, 1.165) is 5.56 Å². The zero-order valence-electron chi connectivity index (χ0n) is 13.3. The third-order valence-electron chi connectivity index (χ3n) is 4.38. The van der Waals surface area contributed by atoms with E-state index < -0.39 is 0 Å². The maximum absolute atomic E-state index is 13.2. The molecule has 1 aliphatic heterocycles. The Balaban J connectivity index is 1.80. The predicted octanol–water partition coefficient (Wildman–Crippen LogP) is 3.88. The molecule has 1 aliphatic rings. The molecule has 0 amide bonds. The minimum Gasteiger partial charge on any atom is -0.464 e. The Bertz CT molecular complexity index is 672. The van der Waals surface area contributed by atoms with Crippen LogP contribution in [0.4, 0.5) is 4.39 Å². The largest absolute Gasteiger partial charge is 0.464 e. The SMILES string of the molecule is CC(=O)OC[C@H]1[C@@H](c2ccc(F)cc2)N1[C@H](C)c1ccccc1. The van der Waals surface area contributed by atoms with Gasteiger partial charge in [-0.25, -0.2) is 4.39 Å². The molecule has 0 saturated carbocycles. The fourth-order valence-corrected chi connectivity index (χ4v) is 3.16. The van der Waals surface area contributed by atoms with Crippen molar-refractivity contribution in [2.75, 3.05) is 6.61 Å². The highest BCUT2D eigenvalue weighted by Crippen LogP contribution is 2.49. The van der Waals surface area contributed by atoms with Gasteiger partial charge in [-0.15, -0.1) is 0 Å². The maximum atomic E-state index is 13.2. The molecule has 4 atom stereocenters. The third kappa shape index (κ3) is 3.42. The number of carbonyl (C=O) groups excluding carboxylic acids is 1. The molecular weight excluding hydrogens is 293 g/mol. The van der Waals surface area contributed by atoms with Crippen LogP contribution in [-0.4, -0.2) is 23.5 Å². The summed E-state index contributed by atoms with van der Waals surface area (Å²) in [5, 5.41) is 0. The maximum Gasteiger partial charge on any atom is 0.302 e. The lowest BCUT2D eigenvalue weighted by molar-refractivity contribution is -0.141. The number of hydrogen-bond acceptors (Lipinski definition) is 3. The first-order valence-corrected chi connectivity index (χ1v) is 7.79. The van der Waals surface area contributed by atoms with Gasteiger partial charge in [0.1, 0.15) is 12.4 Å². The van der Waals surface area contributed by atoms with E-state index in [1.807, 2.05) is 18.2 Å². The lowest BCUT2D eigenvalue weighted by Gasteiger charge is -2.15. The summed E-state index contributed by atoms with van der Waals surface area (Å²) in [6.07, 6.45) is 0. The van der Waals surface area contributed by atoms with E-state index in [1.54, 1.807) is 12.1 Å². The van der Waals surface area contributed by atoms with E-state index >= 15 is 0 Å². The van der Waals surface area contributed by atoms with Crippen LogP contribution in [0.3, 0.4) is 0 Å². The molecule has 3 rings (SSSR count). The Morgan fingerprint density at radius 1 is 1.17 bits per heavy atom. The first-order chi connectivity index (χ1) is 11.1. The van der Waals surface area contributed by atoms with Crippen molar-refractivity contribution in [2.24, 2.45) is 0 Å². The molecular formula is C19H20FNO2. The fraction of sp³-hybridized carbons (Fsp3) is 0.316. The summed E-state index contributed by atoms with van der Waals surface area (Å²) in [7, 11) is 0.